The predicted octanol–water partition coefficient (Wildman–Crippen LogP) is 3.94. The van der Waals surface area contributed by atoms with Gasteiger partial charge in [-0.25, -0.2) is 0 Å². The Morgan fingerprint density at radius 3 is 2.67 bits per heavy atom. The van der Waals surface area contributed by atoms with Crippen molar-refractivity contribution in [3.8, 4) is 0 Å². The van der Waals surface area contributed by atoms with Crippen molar-refractivity contribution in [3.63, 3.8) is 0 Å². The highest BCUT2D eigenvalue weighted by atomic mass is 16.8. The lowest BCUT2D eigenvalue weighted by atomic mass is 9.98. The third-order valence-electron chi connectivity index (χ3n) is 3.67. The van der Waals surface area contributed by atoms with Gasteiger partial charge in [0.15, 0.2) is 5.79 Å². The van der Waals surface area contributed by atoms with E-state index in [1.807, 2.05) is 38.1 Å². The third-order valence-corrected chi connectivity index (χ3v) is 3.67. The van der Waals surface area contributed by atoms with Gasteiger partial charge in [-0.1, -0.05) is 43.3 Å². The fourth-order valence-electron chi connectivity index (χ4n) is 2.72. The van der Waals surface area contributed by atoms with Crippen molar-refractivity contribution in [2.45, 2.75) is 51.8 Å². The van der Waals surface area contributed by atoms with Crippen LogP contribution in [-0.4, -0.2) is 24.6 Å². The van der Waals surface area contributed by atoms with Gasteiger partial charge in [-0.2, -0.15) is 0 Å². The molecule has 1 aliphatic rings. The van der Waals surface area contributed by atoms with E-state index in [1.165, 1.54) is 5.56 Å². The van der Waals surface area contributed by atoms with Crippen molar-refractivity contribution in [3.05, 3.63) is 48.6 Å². The minimum absolute atomic E-state index is 0.0498. The van der Waals surface area contributed by atoms with Crippen LogP contribution in [0, 0.1) is 5.92 Å². The summed E-state index contributed by atoms with van der Waals surface area (Å²) < 4.78 is 17.8. The lowest BCUT2D eigenvalue weighted by Gasteiger charge is -2.23. The number of hydrogen-bond donors (Lipinski definition) is 0. The molecule has 0 saturated carbocycles. The summed E-state index contributed by atoms with van der Waals surface area (Å²) in [7, 11) is 0. The molecule has 0 aromatic heterocycles. The second-order valence-electron chi connectivity index (χ2n) is 6.14. The number of ether oxygens (including phenoxy) is 3. The van der Waals surface area contributed by atoms with Crippen LogP contribution in [0.2, 0.25) is 0 Å². The summed E-state index contributed by atoms with van der Waals surface area (Å²) in [5, 5.41) is 0. The van der Waals surface area contributed by atoms with E-state index >= 15 is 0 Å². The first-order chi connectivity index (χ1) is 10.0. The SMILES string of the molecule is C=CC[C@@H]1OC(C)(C)O[C@H]1[C@@H](C)COCc1ccccc1. The first kappa shape index (κ1) is 16.2. The third kappa shape index (κ3) is 4.67. The van der Waals surface area contributed by atoms with Gasteiger partial charge in [0.05, 0.1) is 25.4 Å². The van der Waals surface area contributed by atoms with Crippen LogP contribution in [0.4, 0.5) is 0 Å². The maximum absolute atomic E-state index is 6.03. The monoisotopic (exact) mass is 290 g/mol. The first-order valence-corrected chi connectivity index (χ1v) is 7.60. The van der Waals surface area contributed by atoms with E-state index in [-0.39, 0.29) is 18.1 Å². The maximum Gasteiger partial charge on any atom is 0.163 e. The molecule has 0 N–H and O–H groups in total. The largest absolute Gasteiger partial charge is 0.376 e. The summed E-state index contributed by atoms with van der Waals surface area (Å²) in [4.78, 5) is 0. The molecule has 0 unspecified atom stereocenters. The molecule has 0 aliphatic carbocycles. The summed E-state index contributed by atoms with van der Waals surface area (Å²) in [6, 6.07) is 10.2. The summed E-state index contributed by atoms with van der Waals surface area (Å²) in [5.41, 5.74) is 1.19. The fourth-order valence-corrected chi connectivity index (χ4v) is 2.72. The molecule has 1 heterocycles. The molecule has 0 bridgehead atoms. The van der Waals surface area contributed by atoms with Crippen LogP contribution in [0.1, 0.15) is 32.8 Å². The summed E-state index contributed by atoms with van der Waals surface area (Å²) in [6.45, 7) is 11.2. The molecule has 2 rings (SSSR count). The first-order valence-electron chi connectivity index (χ1n) is 7.60. The molecule has 3 atom stereocenters. The molecule has 21 heavy (non-hydrogen) atoms. The molecule has 0 radical (unpaired) electrons. The van der Waals surface area contributed by atoms with Crippen LogP contribution >= 0.6 is 0 Å². The normalized spacial score (nSPS) is 25.7. The zero-order valence-corrected chi connectivity index (χ0v) is 13.2. The van der Waals surface area contributed by atoms with Crippen LogP contribution in [0.15, 0.2) is 43.0 Å². The summed E-state index contributed by atoms with van der Waals surface area (Å²) >= 11 is 0. The standard InChI is InChI=1S/C18H26O3/c1-5-9-16-17(21-18(3,4)20-16)14(2)12-19-13-15-10-7-6-8-11-15/h5-8,10-11,14,16-17H,1,9,12-13H2,2-4H3/t14-,16-,17-/m0/s1. The van der Waals surface area contributed by atoms with Crippen molar-refractivity contribution < 1.29 is 14.2 Å². The Kier molecular flexibility index (Phi) is 5.57. The molecule has 1 aromatic carbocycles. The van der Waals surface area contributed by atoms with Gasteiger partial charge in [0.1, 0.15) is 0 Å². The molecule has 1 aromatic rings. The van der Waals surface area contributed by atoms with Crippen LogP contribution in [0.5, 0.6) is 0 Å². The number of benzene rings is 1. The van der Waals surface area contributed by atoms with Crippen molar-refractivity contribution in [2.75, 3.05) is 6.61 Å². The highest BCUT2D eigenvalue weighted by Gasteiger charge is 2.42. The predicted molar refractivity (Wildman–Crippen MR) is 83.9 cm³/mol. The van der Waals surface area contributed by atoms with Crippen LogP contribution in [0.25, 0.3) is 0 Å². The van der Waals surface area contributed by atoms with Gasteiger partial charge >= 0.3 is 0 Å². The second kappa shape index (κ2) is 7.21. The topological polar surface area (TPSA) is 27.7 Å². The Bertz CT molecular complexity index is 441. The molecular weight excluding hydrogens is 264 g/mol. The van der Waals surface area contributed by atoms with Gasteiger partial charge in [-0.15, -0.1) is 6.58 Å². The Hall–Kier alpha value is -1.16. The average Bonchev–Trinajstić information content (AvgIpc) is 2.75. The van der Waals surface area contributed by atoms with Gasteiger partial charge in [-0.05, 0) is 25.8 Å². The lowest BCUT2D eigenvalue weighted by molar-refractivity contribution is -0.151. The smallest absolute Gasteiger partial charge is 0.163 e. The maximum atomic E-state index is 6.03. The molecule has 0 spiro atoms. The molecule has 3 nitrogen and oxygen atoms in total. The highest BCUT2D eigenvalue weighted by molar-refractivity contribution is 5.13. The van der Waals surface area contributed by atoms with Gasteiger partial charge in [0, 0.05) is 5.92 Å². The van der Waals surface area contributed by atoms with Crippen LogP contribution < -0.4 is 0 Å². The van der Waals surface area contributed by atoms with Gasteiger partial charge in [0.2, 0.25) is 0 Å². The van der Waals surface area contributed by atoms with E-state index in [4.69, 9.17) is 14.2 Å². The van der Waals surface area contributed by atoms with Crippen molar-refractivity contribution in [2.24, 2.45) is 5.92 Å². The van der Waals surface area contributed by atoms with E-state index in [9.17, 15) is 0 Å². The molecule has 3 heteroatoms. The molecule has 116 valence electrons. The molecule has 1 aliphatic heterocycles. The van der Waals surface area contributed by atoms with E-state index in [2.05, 4.69) is 25.6 Å². The number of hydrogen-bond acceptors (Lipinski definition) is 3. The Labute approximate surface area is 127 Å². The lowest BCUT2D eigenvalue weighted by Crippen LogP contribution is -2.32. The van der Waals surface area contributed by atoms with E-state index in [1.54, 1.807) is 0 Å². The van der Waals surface area contributed by atoms with Crippen LogP contribution in [0.3, 0.4) is 0 Å². The molecule has 1 saturated heterocycles. The van der Waals surface area contributed by atoms with Gasteiger partial charge in [-0.3, -0.25) is 0 Å². The van der Waals surface area contributed by atoms with Crippen molar-refractivity contribution in [1.29, 1.82) is 0 Å². The second-order valence-corrected chi connectivity index (χ2v) is 6.14. The average molecular weight is 290 g/mol. The zero-order chi connectivity index (χ0) is 15.3. The van der Waals surface area contributed by atoms with E-state index in [0.717, 1.165) is 6.42 Å². The van der Waals surface area contributed by atoms with Crippen LogP contribution in [-0.2, 0) is 20.8 Å². The van der Waals surface area contributed by atoms with Gasteiger partial charge in [0.25, 0.3) is 0 Å². The van der Waals surface area contributed by atoms with Gasteiger partial charge < -0.3 is 14.2 Å². The Balaban J connectivity index is 1.84. The summed E-state index contributed by atoms with van der Waals surface area (Å²) in [5.74, 6) is -0.244. The minimum atomic E-state index is -0.522. The Morgan fingerprint density at radius 1 is 1.29 bits per heavy atom. The van der Waals surface area contributed by atoms with E-state index in [0.29, 0.717) is 13.2 Å². The fraction of sp³-hybridized carbons (Fsp3) is 0.556. The minimum Gasteiger partial charge on any atom is -0.376 e. The van der Waals surface area contributed by atoms with E-state index < -0.39 is 5.79 Å². The Morgan fingerprint density at radius 2 is 2.00 bits per heavy atom. The molecular formula is C18H26O3. The molecule has 1 fully saturated rings. The highest BCUT2D eigenvalue weighted by Crippen LogP contribution is 2.34. The zero-order valence-electron chi connectivity index (χ0n) is 13.2. The molecule has 0 amide bonds. The van der Waals surface area contributed by atoms with Crippen molar-refractivity contribution in [1.82, 2.24) is 0 Å². The summed E-state index contributed by atoms with van der Waals surface area (Å²) in [6.07, 6.45) is 2.80. The van der Waals surface area contributed by atoms with Crippen molar-refractivity contribution >= 4 is 0 Å². The number of rotatable bonds is 7. The quantitative estimate of drug-likeness (QED) is 0.712.